The Morgan fingerprint density at radius 2 is 2.24 bits per heavy atom. The van der Waals surface area contributed by atoms with Gasteiger partial charge in [-0.15, -0.1) is 0 Å². The van der Waals surface area contributed by atoms with Gasteiger partial charge >= 0.3 is 0 Å². The molecule has 2 atom stereocenters. The van der Waals surface area contributed by atoms with E-state index in [-0.39, 0.29) is 11.3 Å². The number of nitrogens with two attached hydrogens (primary N) is 1. The molecule has 1 amide bonds. The maximum absolute atomic E-state index is 11.3. The highest BCUT2D eigenvalue weighted by molar-refractivity contribution is 5.94. The minimum atomic E-state index is -0.651. The number of fused-ring (bicyclic) bond motifs is 1. The number of anilines is 1. The number of rotatable bonds is 3. The molecule has 112 valence electrons. The molecule has 0 unspecified atom stereocenters. The van der Waals surface area contributed by atoms with Gasteiger partial charge in [-0.05, 0) is 37.4 Å². The average molecular weight is 290 g/mol. The van der Waals surface area contributed by atoms with Gasteiger partial charge in [0.25, 0.3) is 5.69 Å². The Hall–Kier alpha value is -2.15. The highest BCUT2D eigenvalue weighted by atomic mass is 16.6. The summed E-state index contributed by atoms with van der Waals surface area (Å²) in [6.45, 7) is 2.59. The standard InChI is InChI=1S/C14H18N4O3/c15-14(19)9-3-4-12(13(6-9)18(20)21)17-7-10-2-1-5-16-11(10)8-17/h3-4,6,10-11,16H,1-2,5,7-8H2,(H2,15,19)/t10-,11+/m0/s1. The Morgan fingerprint density at radius 3 is 2.90 bits per heavy atom. The molecule has 1 aromatic carbocycles. The number of nitrogens with zero attached hydrogens (tertiary/aromatic N) is 2. The molecule has 0 saturated carbocycles. The zero-order valence-electron chi connectivity index (χ0n) is 11.6. The molecule has 2 heterocycles. The van der Waals surface area contributed by atoms with Crippen LogP contribution in [0, 0.1) is 16.0 Å². The van der Waals surface area contributed by atoms with Crippen molar-refractivity contribution in [1.29, 1.82) is 0 Å². The molecule has 3 N–H and O–H groups in total. The fourth-order valence-corrected chi connectivity index (χ4v) is 3.33. The minimum absolute atomic E-state index is 0.0510. The van der Waals surface area contributed by atoms with Crippen LogP contribution in [0.25, 0.3) is 0 Å². The second-order valence-corrected chi connectivity index (χ2v) is 5.69. The third-order valence-electron chi connectivity index (χ3n) is 4.40. The van der Waals surface area contributed by atoms with Crippen LogP contribution in [0.15, 0.2) is 18.2 Å². The number of amides is 1. The molecule has 7 heteroatoms. The van der Waals surface area contributed by atoms with Gasteiger partial charge in [0.15, 0.2) is 0 Å². The highest BCUT2D eigenvalue weighted by Gasteiger charge is 2.36. The van der Waals surface area contributed by atoms with Crippen LogP contribution in [0.5, 0.6) is 0 Å². The van der Waals surface area contributed by atoms with E-state index in [1.807, 2.05) is 4.90 Å². The lowest BCUT2D eigenvalue weighted by molar-refractivity contribution is -0.384. The summed E-state index contributed by atoms with van der Waals surface area (Å²) in [5, 5.41) is 14.8. The molecule has 0 radical (unpaired) electrons. The monoisotopic (exact) mass is 290 g/mol. The average Bonchev–Trinajstić information content (AvgIpc) is 2.90. The molecule has 2 aliphatic heterocycles. The van der Waals surface area contributed by atoms with Crippen LogP contribution >= 0.6 is 0 Å². The smallest absolute Gasteiger partial charge is 0.293 e. The number of hydrogen-bond acceptors (Lipinski definition) is 5. The number of piperidine rings is 1. The number of carbonyl (C=O) groups excluding carboxylic acids is 1. The number of benzene rings is 1. The lowest BCUT2D eigenvalue weighted by Gasteiger charge is -2.24. The summed E-state index contributed by atoms with van der Waals surface area (Å²) in [7, 11) is 0. The first-order chi connectivity index (χ1) is 10.1. The molecule has 0 bridgehead atoms. The molecule has 0 spiro atoms. The van der Waals surface area contributed by atoms with E-state index >= 15 is 0 Å². The molecular weight excluding hydrogens is 272 g/mol. The number of primary amides is 1. The van der Waals surface area contributed by atoms with Gasteiger partial charge in [-0.3, -0.25) is 14.9 Å². The summed E-state index contributed by atoms with van der Waals surface area (Å²) in [4.78, 5) is 24.1. The van der Waals surface area contributed by atoms with Crippen molar-refractivity contribution in [3.63, 3.8) is 0 Å². The van der Waals surface area contributed by atoms with Crippen molar-refractivity contribution in [2.45, 2.75) is 18.9 Å². The summed E-state index contributed by atoms with van der Waals surface area (Å²) in [6.07, 6.45) is 2.30. The highest BCUT2D eigenvalue weighted by Crippen LogP contribution is 2.35. The maximum Gasteiger partial charge on any atom is 0.293 e. The molecule has 0 aromatic heterocycles. The molecule has 1 aromatic rings. The molecule has 2 fully saturated rings. The van der Waals surface area contributed by atoms with Gasteiger partial charge in [0.1, 0.15) is 5.69 Å². The summed E-state index contributed by atoms with van der Waals surface area (Å²) < 4.78 is 0. The molecule has 21 heavy (non-hydrogen) atoms. The summed E-state index contributed by atoms with van der Waals surface area (Å²) in [6, 6.07) is 4.86. The van der Waals surface area contributed by atoms with Gasteiger partial charge in [0.2, 0.25) is 5.91 Å². The van der Waals surface area contributed by atoms with Crippen LogP contribution in [0.4, 0.5) is 11.4 Å². The predicted molar refractivity (Wildman–Crippen MR) is 78.3 cm³/mol. The third kappa shape index (κ3) is 2.56. The number of nitrogens with one attached hydrogen (secondary N) is 1. The van der Waals surface area contributed by atoms with Crippen LogP contribution in [0.3, 0.4) is 0 Å². The van der Waals surface area contributed by atoms with Gasteiger partial charge in [-0.1, -0.05) is 0 Å². The van der Waals surface area contributed by atoms with Crippen molar-refractivity contribution in [2.24, 2.45) is 11.7 Å². The fraction of sp³-hybridized carbons (Fsp3) is 0.500. The molecule has 2 aliphatic rings. The van der Waals surface area contributed by atoms with E-state index < -0.39 is 10.8 Å². The summed E-state index contributed by atoms with van der Waals surface area (Å²) in [5.74, 6) is -0.115. The van der Waals surface area contributed by atoms with Gasteiger partial charge in [-0.2, -0.15) is 0 Å². The molecule has 3 rings (SSSR count). The first kappa shape index (κ1) is 13.8. The molecule has 7 nitrogen and oxygen atoms in total. The molecule has 2 saturated heterocycles. The van der Waals surface area contributed by atoms with E-state index in [0.29, 0.717) is 17.6 Å². The van der Waals surface area contributed by atoms with Crippen LogP contribution in [0.2, 0.25) is 0 Å². The lowest BCUT2D eigenvalue weighted by atomic mass is 9.94. The Kier molecular flexibility index (Phi) is 3.50. The molecule has 0 aliphatic carbocycles. The predicted octanol–water partition coefficient (Wildman–Crippen LogP) is 0.882. The van der Waals surface area contributed by atoms with E-state index in [1.54, 1.807) is 12.1 Å². The zero-order valence-corrected chi connectivity index (χ0v) is 11.6. The van der Waals surface area contributed by atoms with Gasteiger partial charge in [0, 0.05) is 30.8 Å². The van der Waals surface area contributed by atoms with Crippen molar-refractivity contribution in [3.8, 4) is 0 Å². The van der Waals surface area contributed by atoms with Crippen LogP contribution in [-0.2, 0) is 0 Å². The topological polar surface area (TPSA) is 102 Å². The van der Waals surface area contributed by atoms with E-state index in [1.165, 1.54) is 6.07 Å². The van der Waals surface area contributed by atoms with Gasteiger partial charge in [-0.25, -0.2) is 0 Å². The Morgan fingerprint density at radius 1 is 1.43 bits per heavy atom. The normalized spacial score (nSPS) is 24.7. The Bertz CT molecular complexity index is 576. The summed E-state index contributed by atoms with van der Waals surface area (Å²) in [5.41, 5.74) is 5.88. The van der Waals surface area contributed by atoms with E-state index in [9.17, 15) is 14.9 Å². The van der Waals surface area contributed by atoms with E-state index in [0.717, 1.165) is 32.5 Å². The third-order valence-corrected chi connectivity index (χ3v) is 4.40. The van der Waals surface area contributed by atoms with Gasteiger partial charge in [0.05, 0.1) is 4.92 Å². The second kappa shape index (κ2) is 5.33. The van der Waals surface area contributed by atoms with Crippen LogP contribution in [0.1, 0.15) is 23.2 Å². The number of hydrogen-bond donors (Lipinski definition) is 2. The Balaban J connectivity index is 1.91. The first-order valence-electron chi connectivity index (χ1n) is 7.13. The van der Waals surface area contributed by atoms with Crippen molar-refractivity contribution < 1.29 is 9.72 Å². The van der Waals surface area contributed by atoms with Crippen molar-refractivity contribution in [2.75, 3.05) is 24.5 Å². The van der Waals surface area contributed by atoms with E-state index in [2.05, 4.69) is 5.32 Å². The van der Waals surface area contributed by atoms with Crippen LogP contribution < -0.4 is 16.0 Å². The van der Waals surface area contributed by atoms with Crippen molar-refractivity contribution in [3.05, 3.63) is 33.9 Å². The van der Waals surface area contributed by atoms with Crippen molar-refractivity contribution in [1.82, 2.24) is 5.32 Å². The quantitative estimate of drug-likeness (QED) is 0.635. The summed E-state index contributed by atoms with van der Waals surface area (Å²) >= 11 is 0. The lowest BCUT2D eigenvalue weighted by Crippen LogP contribution is -2.40. The second-order valence-electron chi connectivity index (χ2n) is 5.69. The zero-order chi connectivity index (χ0) is 15.0. The molecular formula is C14H18N4O3. The maximum atomic E-state index is 11.3. The van der Waals surface area contributed by atoms with Gasteiger partial charge < -0.3 is 16.0 Å². The Labute approximate surface area is 122 Å². The SMILES string of the molecule is NC(=O)c1ccc(N2C[C@@H]3CCCN[C@@H]3C2)c([N+](=O)[O-])c1. The number of nitro benzene ring substituents is 1. The van der Waals surface area contributed by atoms with Crippen molar-refractivity contribution >= 4 is 17.3 Å². The number of nitro groups is 1. The van der Waals surface area contributed by atoms with E-state index in [4.69, 9.17) is 5.73 Å². The minimum Gasteiger partial charge on any atom is -0.366 e. The van der Waals surface area contributed by atoms with Crippen LogP contribution in [-0.4, -0.2) is 36.5 Å². The fourth-order valence-electron chi connectivity index (χ4n) is 3.33. The largest absolute Gasteiger partial charge is 0.366 e. The first-order valence-corrected chi connectivity index (χ1v) is 7.13. The number of carbonyl (C=O) groups is 1.